The second-order valence-electron chi connectivity index (χ2n) is 6.51. The summed E-state index contributed by atoms with van der Waals surface area (Å²) in [5.74, 6) is 0.00138. The maximum Gasteiger partial charge on any atom is 0.337 e. The number of aromatic nitrogens is 1. The van der Waals surface area contributed by atoms with Gasteiger partial charge in [0, 0.05) is 48.0 Å². The maximum absolute atomic E-state index is 11.9. The van der Waals surface area contributed by atoms with Crippen LogP contribution in [0.5, 0.6) is 0 Å². The molecule has 6 heteroatoms. The van der Waals surface area contributed by atoms with Crippen LogP contribution in [-0.2, 0) is 19.5 Å². The summed E-state index contributed by atoms with van der Waals surface area (Å²) in [6.45, 7) is 5.55. The van der Waals surface area contributed by atoms with E-state index < -0.39 is 5.97 Å². The molecular weight excluding hydrogens is 364 g/mol. The lowest BCUT2D eigenvalue weighted by molar-refractivity contribution is 0.0694. The number of carboxylic acids is 1. The van der Waals surface area contributed by atoms with Gasteiger partial charge in [0.2, 0.25) is 0 Å². The van der Waals surface area contributed by atoms with Crippen LogP contribution in [0.25, 0.3) is 0 Å². The van der Waals surface area contributed by atoms with Crippen LogP contribution in [0, 0.1) is 13.8 Å². The van der Waals surface area contributed by atoms with Crippen LogP contribution < -0.4 is 5.32 Å². The van der Waals surface area contributed by atoms with E-state index in [1.807, 2.05) is 54.8 Å². The minimum absolute atomic E-state index is 0.366. The number of nitrogens with one attached hydrogen (secondary N) is 1. The third-order valence-corrected chi connectivity index (χ3v) is 5.21. The fraction of sp³-hybridized carbons (Fsp3) is 0.286. The first-order valence-corrected chi connectivity index (χ1v) is 9.25. The minimum Gasteiger partial charge on any atom is -0.478 e. The number of halogens is 1. The van der Waals surface area contributed by atoms with Gasteiger partial charge in [-0.2, -0.15) is 0 Å². The molecule has 0 radical (unpaired) electrons. The van der Waals surface area contributed by atoms with Crippen LogP contribution in [0.1, 0.15) is 38.6 Å². The lowest BCUT2D eigenvalue weighted by Crippen LogP contribution is -2.18. The number of carboxylic acid groups (broad SMARTS) is 1. The molecule has 0 saturated carbocycles. The highest BCUT2D eigenvalue weighted by atomic mass is 35.5. The summed E-state index contributed by atoms with van der Waals surface area (Å²) in [4.78, 5) is 11.9. The fourth-order valence-electron chi connectivity index (χ4n) is 3.36. The highest BCUT2D eigenvalue weighted by molar-refractivity contribution is 6.31. The first kappa shape index (κ1) is 19.3. The Bertz CT molecular complexity index is 929. The van der Waals surface area contributed by atoms with E-state index in [4.69, 9.17) is 16.0 Å². The van der Waals surface area contributed by atoms with Crippen molar-refractivity contribution in [2.75, 3.05) is 6.54 Å². The Morgan fingerprint density at radius 1 is 1.19 bits per heavy atom. The number of furan rings is 1. The van der Waals surface area contributed by atoms with E-state index in [9.17, 15) is 9.90 Å². The molecule has 2 aromatic heterocycles. The first-order valence-electron chi connectivity index (χ1n) is 8.87. The van der Waals surface area contributed by atoms with E-state index in [-0.39, 0.29) is 0 Å². The van der Waals surface area contributed by atoms with Crippen molar-refractivity contribution in [2.45, 2.75) is 33.4 Å². The molecule has 142 valence electrons. The maximum atomic E-state index is 11.9. The van der Waals surface area contributed by atoms with Crippen LogP contribution in [0.2, 0.25) is 5.02 Å². The lowest BCUT2D eigenvalue weighted by Gasteiger charge is -2.11. The quantitative estimate of drug-likeness (QED) is 0.562. The van der Waals surface area contributed by atoms with E-state index in [0.29, 0.717) is 30.2 Å². The molecule has 27 heavy (non-hydrogen) atoms. The molecule has 0 aliphatic heterocycles. The molecule has 1 aromatic carbocycles. The highest BCUT2D eigenvalue weighted by Crippen LogP contribution is 2.25. The largest absolute Gasteiger partial charge is 0.478 e. The summed E-state index contributed by atoms with van der Waals surface area (Å²) in [7, 11) is 0. The van der Waals surface area contributed by atoms with E-state index >= 15 is 0 Å². The number of aromatic carboxylic acids is 1. The van der Waals surface area contributed by atoms with E-state index in [0.717, 1.165) is 34.7 Å². The molecule has 0 fully saturated rings. The normalized spacial score (nSPS) is 11.1. The van der Waals surface area contributed by atoms with E-state index in [1.165, 1.54) is 0 Å². The van der Waals surface area contributed by atoms with Crippen molar-refractivity contribution in [3.05, 3.63) is 81.5 Å². The summed E-state index contributed by atoms with van der Waals surface area (Å²) in [5.41, 5.74) is 3.82. The topological polar surface area (TPSA) is 67.4 Å². The molecule has 0 saturated heterocycles. The van der Waals surface area contributed by atoms with Crippen molar-refractivity contribution in [1.29, 1.82) is 0 Å². The van der Waals surface area contributed by atoms with Gasteiger partial charge in [-0.25, -0.2) is 4.79 Å². The average molecular weight is 387 g/mol. The van der Waals surface area contributed by atoms with Gasteiger partial charge >= 0.3 is 5.97 Å². The Kier molecular flexibility index (Phi) is 6.04. The summed E-state index contributed by atoms with van der Waals surface area (Å²) in [6.07, 6.45) is 2.41. The van der Waals surface area contributed by atoms with Crippen molar-refractivity contribution in [3.63, 3.8) is 0 Å². The Morgan fingerprint density at radius 3 is 2.63 bits per heavy atom. The molecule has 2 heterocycles. The molecule has 5 nitrogen and oxygen atoms in total. The Labute approximate surface area is 163 Å². The molecule has 0 aliphatic rings. The smallest absolute Gasteiger partial charge is 0.337 e. The summed E-state index contributed by atoms with van der Waals surface area (Å²) in [5, 5.41) is 13.7. The minimum atomic E-state index is -0.906. The van der Waals surface area contributed by atoms with Crippen LogP contribution in [-0.4, -0.2) is 22.2 Å². The number of benzene rings is 1. The van der Waals surface area contributed by atoms with Crippen molar-refractivity contribution in [2.24, 2.45) is 0 Å². The van der Waals surface area contributed by atoms with Gasteiger partial charge in [0.25, 0.3) is 0 Å². The van der Waals surface area contributed by atoms with Gasteiger partial charge in [0.15, 0.2) is 0 Å². The van der Waals surface area contributed by atoms with Gasteiger partial charge < -0.3 is 19.4 Å². The van der Waals surface area contributed by atoms with Crippen molar-refractivity contribution in [1.82, 2.24) is 9.88 Å². The third-order valence-electron chi connectivity index (χ3n) is 4.84. The zero-order valence-corrected chi connectivity index (χ0v) is 16.2. The lowest BCUT2D eigenvalue weighted by atomic mass is 10.1. The number of carbonyl (C=O) groups is 1. The van der Waals surface area contributed by atoms with Crippen LogP contribution in [0.4, 0.5) is 0 Å². The molecule has 0 bridgehead atoms. The number of hydrogen-bond acceptors (Lipinski definition) is 3. The third kappa shape index (κ3) is 4.26. The highest BCUT2D eigenvalue weighted by Gasteiger charge is 2.22. The predicted molar refractivity (Wildman–Crippen MR) is 106 cm³/mol. The summed E-state index contributed by atoms with van der Waals surface area (Å²) >= 11 is 6.29. The molecule has 0 aliphatic carbocycles. The van der Waals surface area contributed by atoms with E-state index in [2.05, 4.69) is 5.32 Å². The van der Waals surface area contributed by atoms with Gasteiger partial charge in [0.05, 0.1) is 11.8 Å². The molecule has 2 N–H and O–H groups in total. The Morgan fingerprint density at radius 2 is 1.96 bits per heavy atom. The zero-order chi connectivity index (χ0) is 19.4. The fourth-order valence-corrected chi connectivity index (χ4v) is 3.56. The summed E-state index contributed by atoms with van der Waals surface area (Å²) < 4.78 is 7.34. The number of rotatable bonds is 8. The monoisotopic (exact) mass is 386 g/mol. The standard InChI is InChI=1S/C21H23ClN2O3/c1-14-18(12-23-10-9-17-7-5-11-27-17)20(21(25)26)15(2)24(14)13-16-6-3-4-8-19(16)22/h3-8,11,23H,9-10,12-13H2,1-2H3,(H,25,26). The first-order chi connectivity index (χ1) is 13.0. The van der Waals surface area contributed by atoms with Crippen molar-refractivity contribution in [3.8, 4) is 0 Å². The van der Waals surface area contributed by atoms with Gasteiger partial charge in [-0.1, -0.05) is 29.8 Å². The van der Waals surface area contributed by atoms with Crippen LogP contribution in [0.15, 0.2) is 47.1 Å². The molecular formula is C21H23ClN2O3. The Balaban J connectivity index is 1.80. The molecule has 0 unspecified atom stereocenters. The van der Waals surface area contributed by atoms with E-state index in [1.54, 1.807) is 6.26 Å². The molecule has 0 spiro atoms. The van der Waals surface area contributed by atoms with Crippen LogP contribution >= 0.6 is 11.6 Å². The second kappa shape index (κ2) is 8.46. The molecule has 0 atom stereocenters. The molecule has 3 aromatic rings. The average Bonchev–Trinajstić information content (AvgIpc) is 3.22. The van der Waals surface area contributed by atoms with Gasteiger partial charge in [0.1, 0.15) is 5.76 Å². The second-order valence-corrected chi connectivity index (χ2v) is 6.92. The van der Waals surface area contributed by atoms with Gasteiger partial charge in [-0.15, -0.1) is 0 Å². The number of nitrogens with zero attached hydrogens (tertiary/aromatic N) is 1. The van der Waals surface area contributed by atoms with Crippen molar-refractivity contribution >= 4 is 17.6 Å². The van der Waals surface area contributed by atoms with Gasteiger partial charge in [-0.3, -0.25) is 0 Å². The zero-order valence-electron chi connectivity index (χ0n) is 15.5. The predicted octanol–water partition coefficient (Wildman–Crippen LogP) is 4.43. The summed E-state index contributed by atoms with van der Waals surface area (Å²) in [6, 6.07) is 11.4. The van der Waals surface area contributed by atoms with Gasteiger partial charge in [-0.05, 0) is 37.6 Å². The SMILES string of the molecule is Cc1c(CNCCc2ccco2)c(C(=O)O)c(C)n1Cc1ccccc1Cl. The Hall–Kier alpha value is -2.50. The van der Waals surface area contributed by atoms with Crippen molar-refractivity contribution < 1.29 is 14.3 Å². The number of hydrogen-bond donors (Lipinski definition) is 2. The molecule has 0 amide bonds. The molecule has 3 rings (SSSR count). The van der Waals surface area contributed by atoms with Crippen LogP contribution in [0.3, 0.4) is 0 Å².